The number of aliphatic imine (C=N–C) groups is 1. The standard InChI is InChI=1S/C22H37ClN2O2S/c1-19(2)16(23)9-12-22(5,27-19)15-7-10-20(3,24-6)14-8-11-21(4,26)18(17(14)15)25-13-28/h14-18,26H,6-12,24H2,1-5H3. The fraction of sp³-hybridized carbons (Fsp3) is 0.909. The summed E-state index contributed by atoms with van der Waals surface area (Å²) < 4.78 is 6.73. The van der Waals surface area contributed by atoms with E-state index in [1.807, 2.05) is 6.92 Å². The van der Waals surface area contributed by atoms with E-state index in [1.165, 1.54) is 0 Å². The summed E-state index contributed by atoms with van der Waals surface area (Å²) in [6, 6.07) is -0.259. The molecule has 8 unspecified atom stereocenters. The molecular formula is C22H37ClN2O2S. The van der Waals surface area contributed by atoms with Crippen molar-refractivity contribution in [1.29, 1.82) is 0 Å². The van der Waals surface area contributed by atoms with Crippen LogP contribution in [0.3, 0.4) is 0 Å². The van der Waals surface area contributed by atoms with Gasteiger partial charge in [0.25, 0.3) is 0 Å². The molecule has 0 aromatic rings. The molecule has 3 N–H and O–H groups in total. The molecule has 0 spiro atoms. The van der Waals surface area contributed by atoms with Gasteiger partial charge in [0, 0.05) is 12.3 Å². The highest BCUT2D eigenvalue weighted by atomic mass is 35.5. The molecule has 6 heteroatoms. The average Bonchev–Trinajstić information content (AvgIpc) is 2.60. The normalized spacial score (nSPS) is 51.1. The molecule has 28 heavy (non-hydrogen) atoms. The van der Waals surface area contributed by atoms with Crippen LogP contribution in [-0.4, -0.2) is 44.0 Å². The molecule has 3 rings (SSSR count). The van der Waals surface area contributed by atoms with E-state index in [2.05, 4.69) is 50.2 Å². The fourth-order valence-electron chi connectivity index (χ4n) is 6.52. The number of fused-ring (bicyclic) bond motifs is 1. The third kappa shape index (κ3) is 3.72. The third-order valence-corrected chi connectivity index (χ3v) is 9.17. The van der Waals surface area contributed by atoms with E-state index in [0.29, 0.717) is 5.92 Å². The summed E-state index contributed by atoms with van der Waals surface area (Å²) in [6.45, 7) is 10.7. The number of nitrogens with zero attached hydrogens (tertiary/aromatic N) is 1. The highest BCUT2D eigenvalue weighted by molar-refractivity contribution is 7.78. The molecule has 3 aliphatic rings. The zero-order valence-corrected chi connectivity index (χ0v) is 19.6. The quantitative estimate of drug-likeness (QED) is 0.312. The van der Waals surface area contributed by atoms with E-state index in [0.717, 1.165) is 38.5 Å². The van der Waals surface area contributed by atoms with Crippen molar-refractivity contribution < 1.29 is 15.2 Å². The first-order chi connectivity index (χ1) is 12.9. The molecule has 1 saturated heterocycles. The Bertz CT molecular complexity index is 650. The average molecular weight is 429 g/mol. The maximum atomic E-state index is 11.2. The minimum Gasteiger partial charge on any atom is -0.474 e. The van der Waals surface area contributed by atoms with Crippen molar-refractivity contribution in [2.45, 2.75) is 107 Å². The maximum Gasteiger partial charge on any atom is 0.0923 e. The van der Waals surface area contributed by atoms with E-state index in [1.54, 1.807) is 0 Å². The molecule has 3 fully saturated rings. The van der Waals surface area contributed by atoms with E-state index in [9.17, 15) is 5.11 Å². The second-order valence-electron chi connectivity index (χ2n) is 10.6. The van der Waals surface area contributed by atoms with Crippen LogP contribution in [0, 0.1) is 24.8 Å². The van der Waals surface area contributed by atoms with Crippen LogP contribution in [0.5, 0.6) is 0 Å². The van der Waals surface area contributed by atoms with Crippen LogP contribution < -0.4 is 5.32 Å². The van der Waals surface area contributed by atoms with Gasteiger partial charge >= 0.3 is 0 Å². The molecule has 4 nitrogen and oxygen atoms in total. The van der Waals surface area contributed by atoms with Gasteiger partial charge in [0.1, 0.15) is 0 Å². The van der Waals surface area contributed by atoms with Gasteiger partial charge in [-0.05, 0) is 90.8 Å². The summed E-state index contributed by atoms with van der Waals surface area (Å²) in [4.78, 5) is 4.55. The lowest BCUT2D eigenvalue weighted by Gasteiger charge is -2.61. The fourth-order valence-corrected chi connectivity index (χ4v) is 6.79. The number of nitrogens with two attached hydrogens (primary N) is 1. The molecule has 1 aliphatic heterocycles. The van der Waals surface area contributed by atoms with E-state index < -0.39 is 5.60 Å². The van der Waals surface area contributed by atoms with Gasteiger partial charge in [0.05, 0.1) is 38.9 Å². The van der Waals surface area contributed by atoms with Gasteiger partial charge in [0.2, 0.25) is 0 Å². The minimum atomic E-state index is -0.875. The highest BCUT2D eigenvalue weighted by Gasteiger charge is 2.61. The molecular weight excluding hydrogens is 392 g/mol. The Balaban J connectivity index is 2.04. The van der Waals surface area contributed by atoms with E-state index in [4.69, 9.17) is 28.6 Å². The monoisotopic (exact) mass is 428 g/mol. The number of isothiocyanates is 1. The van der Waals surface area contributed by atoms with Crippen molar-refractivity contribution in [3.05, 3.63) is 7.05 Å². The lowest BCUT2D eigenvalue weighted by Crippen LogP contribution is -2.94. The van der Waals surface area contributed by atoms with Gasteiger partial charge in [-0.2, -0.15) is 7.05 Å². The summed E-state index contributed by atoms with van der Waals surface area (Å²) in [6.07, 6.45) is 5.68. The Hall–Kier alpha value is -0.0300. The number of quaternary nitrogens is 1. The van der Waals surface area contributed by atoms with Crippen molar-refractivity contribution in [3.8, 4) is 0 Å². The van der Waals surface area contributed by atoms with Crippen molar-refractivity contribution in [2.75, 3.05) is 0 Å². The minimum absolute atomic E-state index is 0.0164. The molecule has 0 bridgehead atoms. The van der Waals surface area contributed by atoms with Gasteiger partial charge in [0.15, 0.2) is 0 Å². The van der Waals surface area contributed by atoms with Gasteiger partial charge in [-0.3, -0.25) is 0 Å². The number of aliphatic hydroxyl groups is 1. The Morgan fingerprint density at radius 1 is 1.11 bits per heavy atom. The Kier molecular flexibility index (Phi) is 6.14. The zero-order valence-electron chi connectivity index (χ0n) is 18.0. The van der Waals surface area contributed by atoms with E-state index >= 15 is 0 Å². The lowest BCUT2D eigenvalue weighted by atomic mass is 9.51. The molecule has 1 heterocycles. The van der Waals surface area contributed by atoms with Gasteiger partial charge in [-0.25, -0.2) is 4.99 Å². The second kappa shape index (κ2) is 7.59. The summed E-state index contributed by atoms with van der Waals surface area (Å²) >= 11 is 11.6. The van der Waals surface area contributed by atoms with E-state index in [-0.39, 0.29) is 40.0 Å². The molecule has 0 radical (unpaired) electrons. The topological polar surface area (TPSA) is 58.4 Å². The molecule has 8 atom stereocenters. The van der Waals surface area contributed by atoms with Gasteiger partial charge < -0.3 is 15.2 Å². The van der Waals surface area contributed by atoms with Crippen LogP contribution in [-0.2, 0) is 4.74 Å². The van der Waals surface area contributed by atoms with Crippen LogP contribution in [0.4, 0.5) is 0 Å². The van der Waals surface area contributed by atoms with Crippen molar-refractivity contribution in [2.24, 2.45) is 22.7 Å². The van der Waals surface area contributed by atoms with Crippen LogP contribution >= 0.6 is 23.8 Å². The predicted octanol–water partition coefficient (Wildman–Crippen LogP) is 3.71. The summed E-state index contributed by atoms with van der Waals surface area (Å²) in [5.41, 5.74) is -1.49. The Morgan fingerprint density at radius 3 is 2.32 bits per heavy atom. The van der Waals surface area contributed by atoms with Gasteiger partial charge in [-0.15, -0.1) is 11.6 Å². The number of rotatable bonds is 3. The molecule has 0 aromatic carbocycles. The first kappa shape index (κ1) is 22.7. The van der Waals surface area contributed by atoms with Crippen molar-refractivity contribution in [3.63, 3.8) is 0 Å². The molecule has 2 saturated carbocycles. The number of alkyl halides is 1. The molecule has 160 valence electrons. The molecule has 0 aromatic heterocycles. The SMILES string of the molecule is [CH2-][NH2+]C1(C)CCC(C2(C)CCC(Cl)C(C)(C)O2)C2C(N=C=S)C(C)(O)CCC21. The van der Waals surface area contributed by atoms with Crippen LogP contribution in [0.2, 0.25) is 0 Å². The highest BCUT2D eigenvalue weighted by Crippen LogP contribution is 2.56. The number of ether oxygens (including phenoxy) is 1. The number of thiocarbonyl (C=S) groups is 1. The zero-order chi connectivity index (χ0) is 21.0. The number of halogens is 1. The predicted molar refractivity (Wildman–Crippen MR) is 117 cm³/mol. The Labute approximate surface area is 180 Å². The van der Waals surface area contributed by atoms with Crippen molar-refractivity contribution >= 4 is 29.0 Å². The summed E-state index contributed by atoms with van der Waals surface area (Å²) in [5, 5.41) is 16.0. The Morgan fingerprint density at radius 2 is 1.75 bits per heavy atom. The first-order valence-electron chi connectivity index (χ1n) is 10.7. The summed E-state index contributed by atoms with van der Waals surface area (Å²) in [5.74, 6) is 0.875. The smallest absolute Gasteiger partial charge is 0.0923 e. The first-order valence-corrected chi connectivity index (χ1v) is 11.5. The largest absolute Gasteiger partial charge is 0.474 e. The third-order valence-electron chi connectivity index (χ3n) is 8.32. The van der Waals surface area contributed by atoms with Crippen LogP contribution in [0.25, 0.3) is 0 Å². The van der Waals surface area contributed by atoms with Gasteiger partial charge in [-0.1, -0.05) is 0 Å². The van der Waals surface area contributed by atoms with Crippen molar-refractivity contribution in [1.82, 2.24) is 0 Å². The summed E-state index contributed by atoms with van der Waals surface area (Å²) in [7, 11) is 4.16. The van der Waals surface area contributed by atoms with Crippen LogP contribution in [0.15, 0.2) is 4.99 Å². The maximum absolute atomic E-state index is 11.2. The molecule has 2 aliphatic carbocycles. The molecule has 0 amide bonds. The number of hydrogen-bond donors (Lipinski definition) is 2. The number of hydrogen-bond acceptors (Lipinski definition) is 4. The second-order valence-corrected chi connectivity index (χ2v) is 11.3. The lowest BCUT2D eigenvalue weighted by molar-refractivity contribution is -0.688. The van der Waals surface area contributed by atoms with Crippen LogP contribution in [0.1, 0.15) is 73.1 Å².